The van der Waals surface area contributed by atoms with Crippen molar-refractivity contribution in [3.05, 3.63) is 36.4 Å². The van der Waals surface area contributed by atoms with Crippen LogP contribution < -0.4 is 10.6 Å². The molecule has 0 saturated heterocycles. The van der Waals surface area contributed by atoms with Crippen molar-refractivity contribution < 1.29 is 19.8 Å². The number of hydrogen-bond donors (Lipinski definition) is 4. The average molecular weight is 366 g/mol. The van der Waals surface area contributed by atoms with Crippen LogP contribution in [0.1, 0.15) is 27.7 Å². The number of hydrogen-bond acceptors (Lipinski definition) is 4. The topological polar surface area (TPSA) is 98.7 Å². The largest absolute Gasteiger partial charge is 0.504 e. The number of carbonyl (C=O) groups excluding carboxylic acids is 2. The Hall–Kier alpha value is -3.28. The second-order valence-electron chi connectivity index (χ2n) is 7.60. The summed E-state index contributed by atoms with van der Waals surface area (Å²) >= 11 is 0. The Labute approximate surface area is 156 Å². The summed E-state index contributed by atoms with van der Waals surface area (Å²) in [4.78, 5) is 23.5. The monoisotopic (exact) mass is 366 g/mol. The minimum Gasteiger partial charge on any atom is -0.504 e. The maximum atomic E-state index is 12.2. The highest BCUT2D eigenvalue weighted by Crippen LogP contribution is 2.43. The van der Waals surface area contributed by atoms with Gasteiger partial charge in [0, 0.05) is 34.5 Å². The molecule has 2 amide bonds. The smallest absolute Gasteiger partial charge is 0.229 e. The van der Waals surface area contributed by atoms with Crippen LogP contribution >= 0.6 is 0 Å². The Morgan fingerprint density at radius 1 is 0.778 bits per heavy atom. The third-order valence-electron chi connectivity index (χ3n) is 4.32. The quantitative estimate of drug-likeness (QED) is 0.400. The van der Waals surface area contributed by atoms with Gasteiger partial charge in [0.05, 0.1) is 0 Å². The molecule has 6 heteroatoms. The number of anilines is 2. The molecule has 0 aliphatic rings. The molecule has 0 spiro atoms. The van der Waals surface area contributed by atoms with E-state index in [0.717, 1.165) is 0 Å². The number of aromatic hydroxyl groups is 2. The fourth-order valence-corrected chi connectivity index (χ4v) is 2.88. The van der Waals surface area contributed by atoms with Crippen molar-refractivity contribution >= 4 is 44.7 Å². The first kappa shape index (κ1) is 18.5. The summed E-state index contributed by atoms with van der Waals surface area (Å²) in [6.07, 6.45) is 0. The Bertz CT molecular complexity index is 1080. The van der Waals surface area contributed by atoms with Crippen LogP contribution in [0.5, 0.6) is 11.5 Å². The van der Waals surface area contributed by atoms with E-state index in [4.69, 9.17) is 0 Å². The van der Waals surface area contributed by atoms with Crippen LogP contribution in [-0.4, -0.2) is 22.0 Å². The summed E-state index contributed by atoms with van der Waals surface area (Å²) in [5, 5.41) is 28.6. The van der Waals surface area contributed by atoms with E-state index >= 15 is 0 Å². The zero-order valence-corrected chi connectivity index (χ0v) is 15.7. The van der Waals surface area contributed by atoms with Crippen LogP contribution in [0.25, 0.3) is 21.5 Å². The van der Waals surface area contributed by atoms with Crippen LogP contribution in [0.4, 0.5) is 11.4 Å². The molecule has 3 rings (SSSR count). The van der Waals surface area contributed by atoms with Gasteiger partial charge >= 0.3 is 0 Å². The van der Waals surface area contributed by atoms with Crippen LogP contribution in [0, 0.1) is 5.41 Å². The van der Waals surface area contributed by atoms with E-state index in [2.05, 4.69) is 10.6 Å². The predicted molar refractivity (Wildman–Crippen MR) is 107 cm³/mol. The van der Waals surface area contributed by atoms with Crippen LogP contribution in [0.15, 0.2) is 36.4 Å². The number of nitrogens with one attached hydrogen (secondary N) is 2. The number of phenolic OH excluding ortho intramolecular Hbond substituents is 2. The molecule has 3 aromatic rings. The lowest BCUT2D eigenvalue weighted by molar-refractivity contribution is -0.123. The predicted octanol–water partition coefficient (Wildman–Crippen LogP) is 4.35. The zero-order chi connectivity index (χ0) is 19.9. The number of amides is 2. The molecule has 6 nitrogen and oxygen atoms in total. The lowest BCUT2D eigenvalue weighted by Crippen LogP contribution is -2.27. The third kappa shape index (κ3) is 3.51. The van der Waals surface area contributed by atoms with E-state index in [1.165, 1.54) is 6.92 Å². The number of carbonyl (C=O) groups is 2. The molecule has 0 radical (unpaired) electrons. The zero-order valence-electron chi connectivity index (χ0n) is 15.7. The highest BCUT2D eigenvalue weighted by atomic mass is 16.3. The first-order chi connectivity index (χ1) is 12.6. The van der Waals surface area contributed by atoms with Crippen LogP contribution in [0.3, 0.4) is 0 Å². The summed E-state index contributed by atoms with van der Waals surface area (Å²) < 4.78 is 0. The van der Waals surface area contributed by atoms with Crippen molar-refractivity contribution in [1.29, 1.82) is 0 Å². The van der Waals surface area contributed by atoms with Gasteiger partial charge in [-0.3, -0.25) is 9.59 Å². The van der Waals surface area contributed by atoms with Crippen LogP contribution in [0.2, 0.25) is 0 Å². The first-order valence-corrected chi connectivity index (χ1v) is 8.58. The van der Waals surface area contributed by atoms with Gasteiger partial charge in [0.15, 0.2) is 11.5 Å². The molecule has 0 heterocycles. The summed E-state index contributed by atoms with van der Waals surface area (Å²) in [5.41, 5.74) is 0.552. The summed E-state index contributed by atoms with van der Waals surface area (Å²) in [7, 11) is 0. The lowest BCUT2D eigenvalue weighted by Gasteiger charge is -2.18. The Kier molecular flexibility index (Phi) is 4.43. The molecule has 3 aromatic carbocycles. The fourth-order valence-electron chi connectivity index (χ4n) is 2.88. The fraction of sp³-hybridized carbons (Fsp3) is 0.238. The van der Waals surface area contributed by atoms with Crippen molar-refractivity contribution in [1.82, 2.24) is 0 Å². The standard InChI is InChI=1S/C21H22N2O4/c1-11(24)22-12-6-8-15-16(9-12)14-7-5-13(23-20(27)21(2,3)4)10-17(14)19(26)18(15)25/h5-10,25-26H,1-4H3,(H,22,24)(H,23,27). The molecule has 0 fully saturated rings. The summed E-state index contributed by atoms with van der Waals surface area (Å²) in [6, 6.07) is 10.2. The number of rotatable bonds is 2. The van der Waals surface area contributed by atoms with Crippen molar-refractivity contribution in [2.45, 2.75) is 27.7 Å². The van der Waals surface area contributed by atoms with Crippen molar-refractivity contribution in [3.8, 4) is 11.5 Å². The van der Waals surface area contributed by atoms with Gasteiger partial charge < -0.3 is 20.8 Å². The second-order valence-corrected chi connectivity index (χ2v) is 7.60. The van der Waals surface area contributed by atoms with E-state index in [1.807, 2.05) is 20.8 Å². The minimum atomic E-state index is -0.560. The third-order valence-corrected chi connectivity index (χ3v) is 4.32. The van der Waals surface area contributed by atoms with E-state index in [1.54, 1.807) is 36.4 Å². The molecule has 0 aromatic heterocycles. The molecule has 0 bridgehead atoms. The molecule has 0 unspecified atom stereocenters. The van der Waals surface area contributed by atoms with E-state index in [9.17, 15) is 19.8 Å². The summed E-state index contributed by atoms with van der Waals surface area (Å²) in [6.45, 7) is 6.85. The summed E-state index contributed by atoms with van der Waals surface area (Å²) in [5.74, 6) is -0.851. The van der Waals surface area contributed by atoms with Gasteiger partial charge in [-0.05, 0) is 41.1 Å². The molecule has 4 N–H and O–H groups in total. The normalized spacial score (nSPS) is 11.6. The maximum Gasteiger partial charge on any atom is 0.229 e. The Balaban J connectivity index is 2.19. The second kappa shape index (κ2) is 6.46. The molecule has 0 atom stereocenters. The maximum absolute atomic E-state index is 12.2. The lowest BCUT2D eigenvalue weighted by atomic mass is 9.95. The van der Waals surface area contributed by atoms with E-state index in [-0.39, 0.29) is 23.3 Å². The highest BCUT2D eigenvalue weighted by molar-refractivity contribution is 6.15. The van der Waals surface area contributed by atoms with Crippen molar-refractivity contribution in [2.75, 3.05) is 10.6 Å². The van der Waals surface area contributed by atoms with Gasteiger partial charge in [0.25, 0.3) is 0 Å². The van der Waals surface area contributed by atoms with Gasteiger partial charge in [-0.25, -0.2) is 0 Å². The number of fused-ring (bicyclic) bond motifs is 3. The highest BCUT2D eigenvalue weighted by Gasteiger charge is 2.22. The van der Waals surface area contributed by atoms with Gasteiger partial charge in [-0.1, -0.05) is 26.8 Å². The Morgan fingerprint density at radius 3 is 1.89 bits per heavy atom. The molecule has 27 heavy (non-hydrogen) atoms. The first-order valence-electron chi connectivity index (χ1n) is 8.58. The van der Waals surface area contributed by atoms with Gasteiger partial charge in [0.2, 0.25) is 11.8 Å². The molecule has 0 aliphatic heterocycles. The van der Waals surface area contributed by atoms with Crippen molar-refractivity contribution in [2.24, 2.45) is 5.41 Å². The molecular weight excluding hydrogens is 344 g/mol. The van der Waals surface area contributed by atoms with Gasteiger partial charge in [0.1, 0.15) is 0 Å². The SMILES string of the molecule is CC(=O)Nc1ccc2c(O)c(O)c3cc(NC(=O)C(C)(C)C)ccc3c2c1. The minimum absolute atomic E-state index is 0.153. The van der Waals surface area contributed by atoms with Crippen LogP contribution in [-0.2, 0) is 9.59 Å². The van der Waals surface area contributed by atoms with Gasteiger partial charge in [-0.15, -0.1) is 0 Å². The molecule has 140 valence electrons. The molecule has 0 aliphatic carbocycles. The average Bonchev–Trinajstić information content (AvgIpc) is 2.58. The van der Waals surface area contributed by atoms with E-state index < -0.39 is 5.41 Å². The Morgan fingerprint density at radius 2 is 1.30 bits per heavy atom. The number of benzene rings is 3. The van der Waals surface area contributed by atoms with E-state index in [0.29, 0.717) is 32.9 Å². The molecular formula is C21H22N2O4. The number of phenols is 2. The van der Waals surface area contributed by atoms with Crippen molar-refractivity contribution in [3.63, 3.8) is 0 Å². The van der Waals surface area contributed by atoms with Gasteiger partial charge in [-0.2, -0.15) is 0 Å². The molecule has 0 saturated carbocycles.